The molecule has 0 aliphatic carbocycles. The SMILES string of the molecule is Cc1cc2c(NN)nc(-c3ccncc3)nc2s1. The zero-order valence-corrected chi connectivity index (χ0v) is 10.5. The first kappa shape index (κ1) is 11.1. The van der Waals surface area contributed by atoms with Gasteiger partial charge in [-0.25, -0.2) is 15.8 Å². The molecule has 0 aliphatic rings. The predicted molar refractivity (Wildman–Crippen MR) is 73.2 cm³/mol. The van der Waals surface area contributed by atoms with Crippen LogP contribution in [0.15, 0.2) is 30.6 Å². The Morgan fingerprint density at radius 2 is 2.00 bits per heavy atom. The Hall–Kier alpha value is -2.05. The van der Waals surface area contributed by atoms with Gasteiger partial charge in [0.1, 0.15) is 4.83 Å². The number of fused-ring (bicyclic) bond motifs is 1. The summed E-state index contributed by atoms with van der Waals surface area (Å²) < 4.78 is 0. The molecule has 0 bridgehead atoms. The first-order valence-electron chi connectivity index (χ1n) is 5.43. The molecule has 0 saturated heterocycles. The molecule has 0 radical (unpaired) electrons. The van der Waals surface area contributed by atoms with Gasteiger partial charge in [0.05, 0.1) is 5.39 Å². The summed E-state index contributed by atoms with van der Waals surface area (Å²) in [4.78, 5) is 15.1. The second-order valence-corrected chi connectivity index (χ2v) is 5.09. The van der Waals surface area contributed by atoms with Gasteiger partial charge in [0.15, 0.2) is 11.6 Å². The number of nitrogens with zero attached hydrogens (tertiary/aromatic N) is 3. The number of nitrogens with two attached hydrogens (primary N) is 1. The normalized spacial score (nSPS) is 10.8. The quantitative estimate of drug-likeness (QED) is 0.544. The Morgan fingerprint density at radius 1 is 1.22 bits per heavy atom. The average molecular weight is 257 g/mol. The third-order valence-corrected chi connectivity index (χ3v) is 3.54. The van der Waals surface area contributed by atoms with Crippen LogP contribution in [-0.2, 0) is 0 Å². The van der Waals surface area contributed by atoms with Crippen LogP contribution in [0.4, 0.5) is 5.82 Å². The van der Waals surface area contributed by atoms with Crippen molar-refractivity contribution in [1.29, 1.82) is 0 Å². The Labute approximate surface area is 108 Å². The van der Waals surface area contributed by atoms with Gasteiger partial charge in [0, 0.05) is 22.8 Å². The van der Waals surface area contributed by atoms with E-state index in [1.54, 1.807) is 23.7 Å². The summed E-state index contributed by atoms with van der Waals surface area (Å²) in [6, 6.07) is 5.79. The highest BCUT2D eigenvalue weighted by Crippen LogP contribution is 2.30. The van der Waals surface area contributed by atoms with Crippen LogP contribution < -0.4 is 11.3 Å². The molecular formula is C12H11N5S. The molecule has 3 rings (SSSR count). The number of aryl methyl sites for hydroxylation is 1. The van der Waals surface area contributed by atoms with Crippen molar-refractivity contribution in [2.24, 2.45) is 5.84 Å². The van der Waals surface area contributed by atoms with Gasteiger partial charge in [0.2, 0.25) is 0 Å². The van der Waals surface area contributed by atoms with Crippen molar-refractivity contribution in [3.63, 3.8) is 0 Å². The minimum absolute atomic E-state index is 0.649. The lowest BCUT2D eigenvalue weighted by molar-refractivity contribution is 1.19. The lowest BCUT2D eigenvalue weighted by Crippen LogP contribution is -2.09. The maximum atomic E-state index is 5.52. The van der Waals surface area contributed by atoms with Gasteiger partial charge in [-0.1, -0.05) is 0 Å². The van der Waals surface area contributed by atoms with E-state index in [0.717, 1.165) is 15.8 Å². The molecule has 0 aromatic carbocycles. The molecule has 18 heavy (non-hydrogen) atoms. The number of hydrogen-bond acceptors (Lipinski definition) is 6. The Balaban J connectivity index is 2.25. The van der Waals surface area contributed by atoms with Crippen LogP contribution in [0.3, 0.4) is 0 Å². The third-order valence-electron chi connectivity index (χ3n) is 2.59. The lowest BCUT2D eigenvalue weighted by Gasteiger charge is -2.04. The number of anilines is 1. The van der Waals surface area contributed by atoms with E-state index in [-0.39, 0.29) is 0 Å². The molecule has 0 saturated carbocycles. The van der Waals surface area contributed by atoms with Gasteiger partial charge in [0.25, 0.3) is 0 Å². The number of thiophene rings is 1. The summed E-state index contributed by atoms with van der Waals surface area (Å²) in [6.07, 6.45) is 3.44. The zero-order chi connectivity index (χ0) is 12.5. The molecule has 90 valence electrons. The number of aromatic nitrogens is 3. The third kappa shape index (κ3) is 1.81. The van der Waals surface area contributed by atoms with Crippen LogP contribution >= 0.6 is 11.3 Å². The molecule has 0 aliphatic heterocycles. The molecule has 3 aromatic heterocycles. The van der Waals surface area contributed by atoms with Crippen molar-refractivity contribution in [2.75, 3.05) is 5.43 Å². The minimum atomic E-state index is 0.649. The summed E-state index contributed by atoms with van der Waals surface area (Å²) in [7, 11) is 0. The van der Waals surface area contributed by atoms with Crippen LogP contribution in [0.25, 0.3) is 21.6 Å². The molecule has 3 aromatic rings. The molecule has 3 N–H and O–H groups in total. The largest absolute Gasteiger partial charge is 0.308 e. The van der Waals surface area contributed by atoms with Gasteiger partial charge in [-0.3, -0.25) is 4.98 Å². The van der Waals surface area contributed by atoms with Crippen molar-refractivity contribution in [3.05, 3.63) is 35.5 Å². The topological polar surface area (TPSA) is 76.7 Å². The van der Waals surface area contributed by atoms with Crippen molar-refractivity contribution in [2.45, 2.75) is 6.92 Å². The smallest absolute Gasteiger partial charge is 0.163 e. The highest BCUT2D eigenvalue weighted by Gasteiger charge is 2.10. The zero-order valence-electron chi connectivity index (χ0n) is 9.71. The van der Waals surface area contributed by atoms with Crippen molar-refractivity contribution in [1.82, 2.24) is 15.0 Å². The predicted octanol–water partition coefficient (Wildman–Crippen LogP) is 2.35. The monoisotopic (exact) mass is 257 g/mol. The molecule has 3 heterocycles. The minimum Gasteiger partial charge on any atom is -0.308 e. The second-order valence-electron chi connectivity index (χ2n) is 3.85. The van der Waals surface area contributed by atoms with Gasteiger partial charge < -0.3 is 5.43 Å². The number of nitrogens with one attached hydrogen (secondary N) is 1. The van der Waals surface area contributed by atoms with Crippen LogP contribution in [-0.4, -0.2) is 15.0 Å². The number of hydrazine groups is 1. The lowest BCUT2D eigenvalue weighted by atomic mass is 10.2. The Bertz CT molecular complexity index is 692. The van der Waals surface area contributed by atoms with Crippen molar-refractivity contribution < 1.29 is 0 Å². The molecule has 0 spiro atoms. The number of rotatable bonds is 2. The fourth-order valence-electron chi connectivity index (χ4n) is 1.78. The van der Waals surface area contributed by atoms with E-state index in [1.807, 2.05) is 25.1 Å². The maximum Gasteiger partial charge on any atom is 0.163 e. The average Bonchev–Trinajstić information content (AvgIpc) is 2.78. The van der Waals surface area contributed by atoms with E-state index >= 15 is 0 Å². The maximum absolute atomic E-state index is 5.52. The van der Waals surface area contributed by atoms with Crippen molar-refractivity contribution >= 4 is 27.4 Å². The standard InChI is InChI=1S/C12H11N5S/c1-7-6-9-11(17-13)15-10(16-12(9)18-7)8-2-4-14-5-3-8/h2-6H,13H2,1H3,(H,15,16,17). The van der Waals surface area contributed by atoms with Gasteiger partial charge >= 0.3 is 0 Å². The molecule has 0 unspecified atom stereocenters. The summed E-state index contributed by atoms with van der Waals surface area (Å²) in [5.74, 6) is 6.83. The molecule has 0 atom stereocenters. The van der Waals surface area contributed by atoms with E-state index in [2.05, 4.69) is 20.4 Å². The fraction of sp³-hybridized carbons (Fsp3) is 0.0833. The molecule has 6 heteroatoms. The van der Waals surface area contributed by atoms with Gasteiger partial charge in [-0.2, -0.15) is 0 Å². The van der Waals surface area contributed by atoms with E-state index in [1.165, 1.54) is 4.88 Å². The Kier molecular flexibility index (Phi) is 2.66. The number of hydrogen-bond donors (Lipinski definition) is 2. The van der Waals surface area contributed by atoms with E-state index < -0.39 is 0 Å². The number of pyridine rings is 1. The highest BCUT2D eigenvalue weighted by molar-refractivity contribution is 7.18. The van der Waals surface area contributed by atoms with Gasteiger partial charge in [-0.05, 0) is 25.1 Å². The molecule has 5 nitrogen and oxygen atoms in total. The van der Waals surface area contributed by atoms with E-state index in [0.29, 0.717) is 11.6 Å². The molecule has 0 amide bonds. The Morgan fingerprint density at radius 3 is 2.72 bits per heavy atom. The second kappa shape index (κ2) is 4.32. The van der Waals surface area contributed by atoms with E-state index in [4.69, 9.17) is 5.84 Å². The van der Waals surface area contributed by atoms with E-state index in [9.17, 15) is 0 Å². The van der Waals surface area contributed by atoms with Crippen LogP contribution in [0.1, 0.15) is 4.88 Å². The summed E-state index contributed by atoms with van der Waals surface area (Å²) >= 11 is 1.63. The van der Waals surface area contributed by atoms with Crippen molar-refractivity contribution in [3.8, 4) is 11.4 Å². The first-order chi connectivity index (χ1) is 8.78. The fourth-order valence-corrected chi connectivity index (χ4v) is 2.66. The molecule has 0 fully saturated rings. The van der Waals surface area contributed by atoms with Crippen LogP contribution in [0.2, 0.25) is 0 Å². The summed E-state index contributed by atoms with van der Waals surface area (Å²) in [5, 5.41) is 0.956. The van der Waals surface area contributed by atoms with Crippen LogP contribution in [0, 0.1) is 6.92 Å². The highest BCUT2D eigenvalue weighted by atomic mass is 32.1. The first-order valence-corrected chi connectivity index (χ1v) is 6.25. The summed E-state index contributed by atoms with van der Waals surface area (Å²) in [5.41, 5.74) is 3.56. The molecular weight excluding hydrogens is 246 g/mol. The van der Waals surface area contributed by atoms with Gasteiger partial charge in [-0.15, -0.1) is 11.3 Å². The summed E-state index contributed by atoms with van der Waals surface area (Å²) in [6.45, 7) is 2.04. The van der Waals surface area contributed by atoms with Crippen LogP contribution in [0.5, 0.6) is 0 Å². The number of nitrogen functional groups attached to an aromatic ring is 1.